The van der Waals surface area contributed by atoms with Crippen LogP contribution in [0.25, 0.3) is 0 Å². The number of hydrogen-bond acceptors (Lipinski definition) is 3. The van der Waals surface area contributed by atoms with Crippen LogP contribution in [-0.2, 0) is 9.59 Å². The van der Waals surface area contributed by atoms with Gasteiger partial charge in [-0.1, -0.05) is 29.3 Å². The molecule has 0 atom stereocenters. The average Bonchev–Trinajstić information content (AvgIpc) is 2.31. The molecule has 4 N–H and O–H groups in total. The van der Waals surface area contributed by atoms with E-state index in [2.05, 4.69) is 10.6 Å². The van der Waals surface area contributed by atoms with E-state index in [1.54, 1.807) is 32.0 Å². The SMILES string of the molecule is CC(C)(NCC(=O)Nc1c(Cl)cccc1Cl)C(N)=O. The molecule has 7 heteroatoms. The van der Waals surface area contributed by atoms with E-state index in [1.807, 2.05) is 0 Å². The molecule has 5 nitrogen and oxygen atoms in total. The van der Waals surface area contributed by atoms with Crippen molar-refractivity contribution < 1.29 is 9.59 Å². The molecule has 0 saturated carbocycles. The number of amides is 2. The smallest absolute Gasteiger partial charge is 0.238 e. The van der Waals surface area contributed by atoms with Crippen molar-refractivity contribution in [1.29, 1.82) is 0 Å². The molecular weight excluding hydrogens is 289 g/mol. The van der Waals surface area contributed by atoms with Gasteiger partial charge in [-0.05, 0) is 26.0 Å². The Balaban J connectivity index is 2.64. The van der Waals surface area contributed by atoms with E-state index in [0.29, 0.717) is 15.7 Å². The van der Waals surface area contributed by atoms with Crippen LogP contribution in [0.4, 0.5) is 5.69 Å². The quantitative estimate of drug-likeness (QED) is 0.775. The van der Waals surface area contributed by atoms with E-state index in [0.717, 1.165) is 0 Å². The highest BCUT2D eigenvalue weighted by molar-refractivity contribution is 6.39. The van der Waals surface area contributed by atoms with Crippen molar-refractivity contribution in [2.24, 2.45) is 5.73 Å². The summed E-state index contributed by atoms with van der Waals surface area (Å²) in [7, 11) is 0. The van der Waals surface area contributed by atoms with Gasteiger partial charge in [-0.2, -0.15) is 0 Å². The normalized spacial score (nSPS) is 11.2. The van der Waals surface area contributed by atoms with Gasteiger partial charge in [0.05, 0.1) is 27.8 Å². The van der Waals surface area contributed by atoms with Crippen molar-refractivity contribution in [2.75, 3.05) is 11.9 Å². The van der Waals surface area contributed by atoms with Crippen molar-refractivity contribution >= 4 is 40.7 Å². The summed E-state index contributed by atoms with van der Waals surface area (Å²) in [6, 6.07) is 4.91. The number of anilines is 1. The van der Waals surface area contributed by atoms with E-state index in [-0.39, 0.29) is 12.5 Å². The third-order valence-corrected chi connectivity index (χ3v) is 3.16. The fourth-order valence-corrected chi connectivity index (χ4v) is 1.68. The van der Waals surface area contributed by atoms with Crippen LogP contribution in [0.2, 0.25) is 10.0 Å². The molecule has 2 amide bonds. The molecular formula is C12H15Cl2N3O2. The van der Waals surface area contributed by atoms with Crippen molar-refractivity contribution in [1.82, 2.24) is 5.32 Å². The zero-order valence-corrected chi connectivity index (χ0v) is 12.1. The van der Waals surface area contributed by atoms with Crippen LogP contribution < -0.4 is 16.4 Å². The van der Waals surface area contributed by atoms with Crippen LogP contribution >= 0.6 is 23.2 Å². The van der Waals surface area contributed by atoms with E-state index < -0.39 is 11.4 Å². The van der Waals surface area contributed by atoms with Gasteiger partial charge in [-0.15, -0.1) is 0 Å². The molecule has 104 valence electrons. The van der Waals surface area contributed by atoms with Crippen LogP contribution in [-0.4, -0.2) is 23.9 Å². The van der Waals surface area contributed by atoms with Gasteiger partial charge in [0.1, 0.15) is 0 Å². The standard InChI is InChI=1S/C12H15Cl2N3O2/c1-12(2,11(15)19)16-6-9(18)17-10-7(13)4-3-5-8(10)14/h3-5,16H,6H2,1-2H3,(H2,15,19)(H,17,18). The van der Waals surface area contributed by atoms with Gasteiger partial charge in [-0.25, -0.2) is 0 Å². The zero-order chi connectivity index (χ0) is 14.6. The van der Waals surface area contributed by atoms with E-state index in [9.17, 15) is 9.59 Å². The first-order valence-electron chi connectivity index (χ1n) is 5.53. The molecule has 0 aliphatic heterocycles. The van der Waals surface area contributed by atoms with E-state index in [1.165, 1.54) is 0 Å². The summed E-state index contributed by atoms with van der Waals surface area (Å²) in [6.07, 6.45) is 0. The van der Waals surface area contributed by atoms with Gasteiger partial charge in [0.2, 0.25) is 11.8 Å². The molecule has 0 aliphatic rings. The van der Waals surface area contributed by atoms with Crippen LogP contribution in [0.3, 0.4) is 0 Å². The second-order valence-corrected chi connectivity index (χ2v) is 5.30. The maximum Gasteiger partial charge on any atom is 0.238 e. The predicted octanol–water partition coefficient (Wildman–Crippen LogP) is 1.79. The molecule has 1 rings (SSSR count). The van der Waals surface area contributed by atoms with Gasteiger partial charge in [-0.3, -0.25) is 14.9 Å². The molecule has 1 aromatic rings. The lowest BCUT2D eigenvalue weighted by atomic mass is 10.1. The number of carbonyl (C=O) groups is 2. The largest absolute Gasteiger partial charge is 0.368 e. The molecule has 0 aliphatic carbocycles. The summed E-state index contributed by atoms with van der Waals surface area (Å²) >= 11 is 11.8. The summed E-state index contributed by atoms with van der Waals surface area (Å²) < 4.78 is 0. The van der Waals surface area contributed by atoms with Gasteiger partial charge in [0, 0.05) is 0 Å². The number of halogens is 2. The van der Waals surface area contributed by atoms with Crippen molar-refractivity contribution in [3.05, 3.63) is 28.2 Å². The molecule has 0 fully saturated rings. The van der Waals surface area contributed by atoms with Crippen LogP contribution in [0.1, 0.15) is 13.8 Å². The second-order valence-electron chi connectivity index (χ2n) is 4.49. The van der Waals surface area contributed by atoms with Crippen LogP contribution in [0.15, 0.2) is 18.2 Å². The minimum atomic E-state index is -0.971. The number of rotatable bonds is 5. The lowest BCUT2D eigenvalue weighted by molar-refractivity contribution is -0.123. The molecule has 0 saturated heterocycles. The molecule has 0 unspecified atom stereocenters. The molecule has 1 aromatic carbocycles. The minimum Gasteiger partial charge on any atom is -0.368 e. The molecule has 19 heavy (non-hydrogen) atoms. The number of benzene rings is 1. The number of nitrogens with one attached hydrogen (secondary N) is 2. The Morgan fingerprint density at radius 1 is 1.26 bits per heavy atom. The predicted molar refractivity (Wildman–Crippen MR) is 76.4 cm³/mol. The highest BCUT2D eigenvalue weighted by Gasteiger charge is 2.24. The summed E-state index contributed by atoms with van der Waals surface area (Å²) in [4.78, 5) is 22.8. The zero-order valence-electron chi connectivity index (χ0n) is 10.6. The van der Waals surface area contributed by atoms with Crippen LogP contribution in [0.5, 0.6) is 0 Å². The van der Waals surface area contributed by atoms with Crippen LogP contribution in [0, 0.1) is 0 Å². The maximum atomic E-state index is 11.7. The highest BCUT2D eigenvalue weighted by atomic mass is 35.5. The molecule has 0 spiro atoms. The van der Waals surface area contributed by atoms with Gasteiger partial charge >= 0.3 is 0 Å². The number of para-hydroxylation sites is 1. The molecule has 0 radical (unpaired) electrons. The van der Waals surface area contributed by atoms with Crippen molar-refractivity contribution in [3.63, 3.8) is 0 Å². The topological polar surface area (TPSA) is 84.2 Å². The maximum absolute atomic E-state index is 11.7. The summed E-state index contributed by atoms with van der Waals surface area (Å²) in [5, 5.41) is 6.00. The van der Waals surface area contributed by atoms with E-state index in [4.69, 9.17) is 28.9 Å². The average molecular weight is 304 g/mol. The summed E-state index contributed by atoms with van der Waals surface area (Å²) in [6.45, 7) is 3.09. The molecule has 0 aromatic heterocycles. The van der Waals surface area contributed by atoms with Gasteiger partial charge in [0.15, 0.2) is 0 Å². The van der Waals surface area contributed by atoms with E-state index >= 15 is 0 Å². The Kier molecular flexibility index (Phi) is 5.17. The lowest BCUT2D eigenvalue weighted by Gasteiger charge is -2.22. The first-order chi connectivity index (χ1) is 8.74. The summed E-state index contributed by atoms with van der Waals surface area (Å²) in [5.41, 5.74) is 4.55. The summed E-state index contributed by atoms with van der Waals surface area (Å²) in [5.74, 6) is -0.916. The van der Waals surface area contributed by atoms with Gasteiger partial charge < -0.3 is 11.1 Å². The number of hydrogen-bond donors (Lipinski definition) is 3. The number of carbonyl (C=O) groups excluding carboxylic acids is 2. The fourth-order valence-electron chi connectivity index (χ4n) is 1.19. The Hall–Kier alpha value is -1.30. The van der Waals surface area contributed by atoms with Crippen molar-refractivity contribution in [2.45, 2.75) is 19.4 Å². The third-order valence-electron chi connectivity index (χ3n) is 2.53. The Morgan fingerprint density at radius 2 is 1.79 bits per heavy atom. The highest BCUT2D eigenvalue weighted by Crippen LogP contribution is 2.29. The van der Waals surface area contributed by atoms with Gasteiger partial charge in [0.25, 0.3) is 0 Å². The Bertz CT molecular complexity index is 483. The minimum absolute atomic E-state index is 0.0858. The second kappa shape index (κ2) is 6.23. The van der Waals surface area contributed by atoms with Crippen molar-refractivity contribution in [3.8, 4) is 0 Å². The first-order valence-corrected chi connectivity index (χ1v) is 6.28. The molecule has 0 heterocycles. The number of nitrogens with two attached hydrogens (primary N) is 1. The lowest BCUT2D eigenvalue weighted by Crippen LogP contribution is -2.52. The first kappa shape index (κ1) is 15.8. The number of primary amides is 1. The third kappa shape index (κ3) is 4.38. The fraction of sp³-hybridized carbons (Fsp3) is 0.333. The molecule has 0 bridgehead atoms. The Labute approximate surface area is 121 Å². The Morgan fingerprint density at radius 3 is 2.26 bits per heavy atom. The monoisotopic (exact) mass is 303 g/mol.